The number of halogens is 1. The lowest BCUT2D eigenvalue weighted by Gasteiger charge is -2.05. The highest BCUT2D eigenvalue weighted by atomic mass is 35.5. The van der Waals surface area contributed by atoms with E-state index in [9.17, 15) is 4.21 Å². The molecule has 0 heterocycles. The minimum atomic E-state index is 0.436. The number of hydrogen-bond donors (Lipinski definition) is 0. The Bertz CT molecular complexity index is 543. The standard InChI is InChI=1S/C13H9ClO2S/c14-11-3-7-13(8-4-11)16-12-5-1-10(2-6-12)9-17-15/h1-9H. The van der Waals surface area contributed by atoms with Crippen LogP contribution in [0.15, 0.2) is 48.5 Å². The summed E-state index contributed by atoms with van der Waals surface area (Å²) in [4.78, 5) is 0. The number of hydrogen-bond acceptors (Lipinski definition) is 2. The maximum atomic E-state index is 10.3. The van der Waals surface area contributed by atoms with Crippen LogP contribution in [0.5, 0.6) is 11.5 Å². The molecule has 4 heteroatoms. The minimum absolute atomic E-state index is 0.436. The maximum Gasteiger partial charge on any atom is 0.127 e. The molecule has 0 spiro atoms. The van der Waals surface area contributed by atoms with Crippen LogP contribution >= 0.6 is 11.6 Å². The van der Waals surface area contributed by atoms with E-state index < -0.39 is 0 Å². The van der Waals surface area contributed by atoms with Crippen LogP contribution in [0, 0.1) is 0 Å². The van der Waals surface area contributed by atoms with Gasteiger partial charge in [0, 0.05) is 10.4 Å². The van der Waals surface area contributed by atoms with Crippen molar-refractivity contribution < 1.29 is 8.95 Å². The molecule has 0 unspecified atom stereocenters. The molecule has 0 saturated heterocycles. The molecule has 0 aromatic heterocycles. The van der Waals surface area contributed by atoms with Crippen molar-refractivity contribution in [2.24, 2.45) is 0 Å². The van der Waals surface area contributed by atoms with Gasteiger partial charge in [-0.2, -0.15) is 0 Å². The van der Waals surface area contributed by atoms with Crippen LogP contribution in [-0.2, 0) is 11.3 Å². The molecule has 2 aromatic rings. The Morgan fingerprint density at radius 1 is 0.941 bits per heavy atom. The smallest absolute Gasteiger partial charge is 0.127 e. The molecule has 2 nitrogen and oxygen atoms in total. The fourth-order valence-electron chi connectivity index (χ4n) is 1.31. The van der Waals surface area contributed by atoms with Crippen LogP contribution in [0.3, 0.4) is 0 Å². The Labute approximate surface area is 108 Å². The summed E-state index contributed by atoms with van der Waals surface area (Å²) in [5, 5.41) is 2.21. The zero-order valence-electron chi connectivity index (χ0n) is 8.80. The van der Waals surface area contributed by atoms with E-state index in [2.05, 4.69) is 0 Å². The molecule has 0 bridgehead atoms. The fourth-order valence-corrected chi connectivity index (χ4v) is 1.70. The Morgan fingerprint density at radius 3 is 2.00 bits per heavy atom. The lowest BCUT2D eigenvalue weighted by Crippen LogP contribution is -1.85. The molecule has 0 radical (unpaired) electrons. The van der Waals surface area contributed by atoms with Crippen molar-refractivity contribution in [2.75, 3.05) is 0 Å². The van der Waals surface area contributed by atoms with Gasteiger partial charge < -0.3 is 4.74 Å². The molecular weight excluding hydrogens is 256 g/mol. The second-order valence-corrected chi connectivity index (χ2v) is 4.20. The Hall–Kier alpha value is -1.58. The average molecular weight is 265 g/mol. The van der Waals surface area contributed by atoms with Gasteiger partial charge in [-0.1, -0.05) is 23.7 Å². The molecule has 0 N–H and O–H groups in total. The van der Waals surface area contributed by atoms with Crippen molar-refractivity contribution in [3.8, 4) is 11.5 Å². The van der Waals surface area contributed by atoms with Crippen molar-refractivity contribution in [1.82, 2.24) is 0 Å². The van der Waals surface area contributed by atoms with Gasteiger partial charge >= 0.3 is 0 Å². The summed E-state index contributed by atoms with van der Waals surface area (Å²) in [6.45, 7) is 0. The Kier molecular flexibility index (Phi) is 3.96. The highest BCUT2D eigenvalue weighted by molar-refractivity contribution is 7.65. The molecular formula is C13H9ClO2S. The zero-order chi connectivity index (χ0) is 12.1. The van der Waals surface area contributed by atoms with Crippen LogP contribution in [0.1, 0.15) is 5.56 Å². The highest BCUT2D eigenvalue weighted by Crippen LogP contribution is 2.22. The van der Waals surface area contributed by atoms with Crippen LogP contribution in [0.2, 0.25) is 5.02 Å². The van der Waals surface area contributed by atoms with Gasteiger partial charge in [0.2, 0.25) is 0 Å². The third-order valence-electron chi connectivity index (χ3n) is 2.11. The maximum absolute atomic E-state index is 10.3. The molecule has 0 saturated carbocycles. The van der Waals surface area contributed by atoms with Gasteiger partial charge in [0.05, 0.1) is 11.3 Å². The number of benzene rings is 2. The van der Waals surface area contributed by atoms with Crippen molar-refractivity contribution in [3.05, 3.63) is 59.1 Å². The molecule has 2 rings (SSSR count). The first-order chi connectivity index (χ1) is 8.28. The van der Waals surface area contributed by atoms with Gasteiger partial charge in [-0.05, 0) is 42.0 Å². The van der Waals surface area contributed by atoms with Crippen molar-refractivity contribution in [1.29, 1.82) is 0 Å². The molecule has 86 valence electrons. The van der Waals surface area contributed by atoms with E-state index in [1.807, 2.05) is 24.3 Å². The molecule has 17 heavy (non-hydrogen) atoms. The number of ether oxygens (including phenoxy) is 1. The third kappa shape index (κ3) is 3.44. The van der Waals surface area contributed by atoms with E-state index in [1.165, 1.54) is 5.37 Å². The van der Waals surface area contributed by atoms with E-state index in [0.717, 1.165) is 17.1 Å². The predicted octanol–water partition coefficient (Wildman–Crippen LogP) is 3.50. The monoisotopic (exact) mass is 264 g/mol. The fraction of sp³-hybridized carbons (Fsp3) is 0. The normalized spacial score (nSPS) is 9.71. The van der Waals surface area contributed by atoms with E-state index in [1.54, 1.807) is 24.3 Å². The first-order valence-corrected chi connectivity index (χ1v) is 6.11. The second kappa shape index (κ2) is 5.66. The van der Waals surface area contributed by atoms with Crippen molar-refractivity contribution in [2.45, 2.75) is 0 Å². The van der Waals surface area contributed by atoms with E-state index in [4.69, 9.17) is 16.3 Å². The molecule has 0 aliphatic heterocycles. The summed E-state index contributed by atoms with van der Waals surface area (Å²) >= 11 is 6.21. The molecule has 0 aliphatic carbocycles. The van der Waals surface area contributed by atoms with Crippen LogP contribution in [-0.4, -0.2) is 9.58 Å². The topological polar surface area (TPSA) is 26.3 Å². The lowest BCUT2D eigenvalue weighted by molar-refractivity contribution is 0.482. The second-order valence-electron chi connectivity index (χ2n) is 3.34. The predicted molar refractivity (Wildman–Crippen MR) is 71.3 cm³/mol. The summed E-state index contributed by atoms with van der Waals surface area (Å²) in [7, 11) is 0. The largest absolute Gasteiger partial charge is 0.457 e. The molecule has 0 fully saturated rings. The minimum Gasteiger partial charge on any atom is -0.457 e. The van der Waals surface area contributed by atoms with Crippen LogP contribution in [0.4, 0.5) is 0 Å². The van der Waals surface area contributed by atoms with Gasteiger partial charge in [0.1, 0.15) is 11.5 Å². The quantitative estimate of drug-likeness (QED) is 0.793. The van der Waals surface area contributed by atoms with Crippen molar-refractivity contribution >= 4 is 28.2 Å². The Balaban J connectivity index is 2.13. The molecule has 2 aromatic carbocycles. The van der Waals surface area contributed by atoms with Crippen LogP contribution in [0.25, 0.3) is 0 Å². The molecule has 0 amide bonds. The van der Waals surface area contributed by atoms with Crippen molar-refractivity contribution in [3.63, 3.8) is 0 Å². The summed E-state index contributed by atoms with van der Waals surface area (Å²) < 4.78 is 15.9. The Morgan fingerprint density at radius 2 is 1.47 bits per heavy atom. The number of rotatable bonds is 3. The summed E-state index contributed by atoms with van der Waals surface area (Å²) in [6.07, 6.45) is 0. The van der Waals surface area contributed by atoms with Gasteiger partial charge in [0.25, 0.3) is 0 Å². The third-order valence-corrected chi connectivity index (χ3v) is 2.73. The van der Waals surface area contributed by atoms with E-state index in [-0.39, 0.29) is 0 Å². The highest BCUT2D eigenvalue weighted by Gasteiger charge is 1.97. The van der Waals surface area contributed by atoms with Crippen LogP contribution < -0.4 is 4.74 Å². The van der Waals surface area contributed by atoms with Gasteiger partial charge in [-0.25, -0.2) is 4.21 Å². The van der Waals surface area contributed by atoms with Gasteiger partial charge in [-0.15, -0.1) is 0 Å². The van der Waals surface area contributed by atoms with E-state index >= 15 is 0 Å². The first kappa shape index (κ1) is 11.9. The lowest BCUT2D eigenvalue weighted by atomic mass is 10.2. The van der Waals surface area contributed by atoms with E-state index in [0.29, 0.717) is 16.3 Å². The summed E-state index contributed by atoms with van der Waals surface area (Å²) in [6, 6.07) is 14.4. The first-order valence-electron chi connectivity index (χ1n) is 4.93. The average Bonchev–Trinajstić information content (AvgIpc) is 2.35. The zero-order valence-corrected chi connectivity index (χ0v) is 10.4. The molecule has 0 aliphatic rings. The van der Waals surface area contributed by atoms with Gasteiger partial charge in [-0.3, -0.25) is 0 Å². The summed E-state index contributed by atoms with van der Waals surface area (Å²) in [5.74, 6) is 1.45. The summed E-state index contributed by atoms with van der Waals surface area (Å²) in [5.41, 5.74) is 0.869. The van der Waals surface area contributed by atoms with Gasteiger partial charge in [0.15, 0.2) is 0 Å². The SMILES string of the molecule is O=S=Cc1ccc(Oc2ccc(Cl)cc2)cc1. The molecule has 0 atom stereocenters.